The highest BCUT2D eigenvalue weighted by atomic mass is 19.4. The average molecular weight is 289 g/mol. The molecule has 0 fully saturated rings. The van der Waals surface area contributed by atoms with Crippen LogP contribution in [0.4, 0.5) is 24.5 Å². The van der Waals surface area contributed by atoms with E-state index in [9.17, 15) is 28.1 Å². The summed E-state index contributed by atoms with van der Waals surface area (Å²) in [5.41, 5.74) is -1.56. The van der Waals surface area contributed by atoms with Gasteiger partial charge in [-0.3, -0.25) is 14.9 Å². The second kappa shape index (κ2) is 5.91. The molecule has 0 amide bonds. The number of ketones is 1. The van der Waals surface area contributed by atoms with Crippen LogP contribution >= 0.6 is 0 Å². The van der Waals surface area contributed by atoms with Gasteiger partial charge in [-0.15, -0.1) is 5.11 Å². The standard InChI is InChI=1S/C10H6F3N3O4/c11-10(12,13)9(18)8(5-17)15-14-6-1-3-7(4-2-6)16(19)20/h1-5,17H/b8-5-,15-14?. The lowest BCUT2D eigenvalue weighted by atomic mass is 10.3. The van der Waals surface area contributed by atoms with E-state index in [1.807, 2.05) is 0 Å². The third-order valence-corrected chi connectivity index (χ3v) is 1.95. The Bertz CT molecular complexity index is 578. The fraction of sp³-hybridized carbons (Fsp3) is 0.100. The van der Waals surface area contributed by atoms with Crippen molar-refractivity contribution < 1.29 is 28.0 Å². The predicted octanol–water partition coefficient (Wildman–Crippen LogP) is 3.21. The fourth-order valence-electron chi connectivity index (χ4n) is 1.03. The number of nitro benzene ring substituents is 1. The van der Waals surface area contributed by atoms with Crippen LogP contribution in [-0.4, -0.2) is 22.0 Å². The van der Waals surface area contributed by atoms with Gasteiger partial charge in [0.15, 0.2) is 5.70 Å². The molecular formula is C10H6F3N3O4. The van der Waals surface area contributed by atoms with Crippen LogP contribution < -0.4 is 0 Å². The van der Waals surface area contributed by atoms with Gasteiger partial charge in [0.2, 0.25) is 0 Å². The number of carbonyl (C=O) groups excluding carboxylic acids is 1. The van der Waals surface area contributed by atoms with Gasteiger partial charge in [-0.25, -0.2) is 0 Å². The number of rotatable bonds is 4. The topological polar surface area (TPSA) is 105 Å². The van der Waals surface area contributed by atoms with Gasteiger partial charge in [0.05, 0.1) is 10.6 Å². The maximum atomic E-state index is 12.1. The number of hydrogen-bond donors (Lipinski definition) is 1. The molecule has 1 aromatic rings. The number of hydrogen-bond acceptors (Lipinski definition) is 6. The smallest absolute Gasteiger partial charge is 0.456 e. The SMILES string of the molecule is O=C(/C(=C/O)N=Nc1ccc([N+](=O)[O-])cc1)C(F)(F)F. The molecule has 0 atom stereocenters. The Hall–Kier alpha value is -2.78. The highest BCUT2D eigenvalue weighted by Gasteiger charge is 2.41. The van der Waals surface area contributed by atoms with Crippen molar-refractivity contribution >= 4 is 17.2 Å². The molecule has 1 N–H and O–H groups in total. The molecule has 0 saturated carbocycles. The van der Waals surface area contributed by atoms with Crippen molar-refractivity contribution in [3.8, 4) is 0 Å². The first kappa shape index (κ1) is 15.3. The van der Waals surface area contributed by atoms with E-state index in [4.69, 9.17) is 5.11 Å². The monoisotopic (exact) mass is 289 g/mol. The molecule has 0 heterocycles. The third kappa shape index (κ3) is 3.86. The van der Waals surface area contributed by atoms with E-state index < -0.39 is 22.6 Å². The molecule has 0 bridgehead atoms. The molecule has 0 aliphatic rings. The second-order valence-electron chi connectivity index (χ2n) is 3.31. The highest BCUT2D eigenvalue weighted by molar-refractivity contribution is 5.98. The Morgan fingerprint density at radius 2 is 1.85 bits per heavy atom. The maximum Gasteiger partial charge on any atom is 0.456 e. The molecule has 0 unspecified atom stereocenters. The van der Waals surface area contributed by atoms with E-state index >= 15 is 0 Å². The molecule has 1 rings (SSSR count). The minimum absolute atomic E-state index is 0.0232. The zero-order valence-corrected chi connectivity index (χ0v) is 9.53. The minimum Gasteiger partial charge on any atom is -0.513 e. The van der Waals surface area contributed by atoms with Gasteiger partial charge < -0.3 is 5.11 Å². The van der Waals surface area contributed by atoms with Crippen molar-refractivity contribution in [1.29, 1.82) is 0 Å². The number of benzene rings is 1. The molecule has 20 heavy (non-hydrogen) atoms. The van der Waals surface area contributed by atoms with E-state index in [0.717, 1.165) is 24.3 Å². The van der Waals surface area contributed by atoms with Gasteiger partial charge >= 0.3 is 6.18 Å². The van der Waals surface area contributed by atoms with Crippen molar-refractivity contribution in [2.45, 2.75) is 6.18 Å². The summed E-state index contributed by atoms with van der Waals surface area (Å²) in [4.78, 5) is 20.5. The van der Waals surface area contributed by atoms with Crippen LogP contribution in [0, 0.1) is 10.1 Å². The summed E-state index contributed by atoms with van der Waals surface area (Å²) in [6, 6.07) is 4.36. The molecule has 0 spiro atoms. The lowest BCUT2D eigenvalue weighted by molar-refractivity contribution is -0.384. The summed E-state index contributed by atoms with van der Waals surface area (Å²) in [5, 5.41) is 25.1. The number of allylic oxidation sites excluding steroid dienone is 1. The van der Waals surface area contributed by atoms with Crippen LogP contribution in [0.5, 0.6) is 0 Å². The van der Waals surface area contributed by atoms with Crippen LogP contribution in [0.1, 0.15) is 0 Å². The number of aliphatic hydroxyl groups is 1. The van der Waals surface area contributed by atoms with Crippen LogP contribution in [0.25, 0.3) is 0 Å². The average Bonchev–Trinajstić information content (AvgIpc) is 2.38. The Morgan fingerprint density at radius 1 is 1.30 bits per heavy atom. The predicted molar refractivity (Wildman–Crippen MR) is 59.4 cm³/mol. The summed E-state index contributed by atoms with van der Waals surface area (Å²) in [5.74, 6) is -2.36. The Morgan fingerprint density at radius 3 is 2.25 bits per heavy atom. The van der Waals surface area contributed by atoms with E-state index in [1.165, 1.54) is 0 Å². The van der Waals surface area contributed by atoms with Gasteiger partial charge in [-0.05, 0) is 12.1 Å². The van der Waals surface area contributed by atoms with Crippen molar-refractivity contribution in [2.24, 2.45) is 10.2 Å². The second-order valence-corrected chi connectivity index (χ2v) is 3.31. The van der Waals surface area contributed by atoms with Gasteiger partial charge in [-0.2, -0.15) is 18.3 Å². The van der Waals surface area contributed by atoms with Crippen LogP contribution in [0.2, 0.25) is 0 Å². The Labute approximate surface area is 109 Å². The molecule has 0 aliphatic carbocycles. The molecule has 0 aromatic heterocycles. The van der Waals surface area contributed by atoms with Crippen molar-refractivity contribution in [1.82, 2.24) is 0 Å². The molecule has 1 aromatic carbocycles. The van der Waals surface area contributed by atoms with E-state index in [2.05, 4.69) is 10.2 Å². The van der Waals surface area contributed by atoms with Gasteiger partial charge in [-0.1, -0.05) is 0 Å². The summed E-state index contributed by atoms with van der Waals surface area (Å²) in [7, 11) is 0. The number of nitro groups is 1. The number of nitrogens with zero attached hydrogens (tertiary/aromatic N) is 3. The van der Waals surface area contributed by atoms with Crippen molar-refractivity contribution in [3.63, 3.8) is 0 Å². The number of halogens is 3. The van der Waals surface area contributed by atoms with E-state index in [1.54, 1.807) is 0 Å². The molecule has 0 saturated heterocycles. The quantitative estimate of drug-likeness (QED) is 0.302. The summed E-state index contributed by atoms with van der Waals surface area (Å²) in [6.07, 6.45) is -5.31. The lowest BCUT2D eigenvalue weighted by Gasteiger charge is -2.02. The first-order valence-electron chi connectivity index (χ1n) is 4.88. The number of alkyl halides is 3. The molecule has 106 valence electrons. The van der Waals surface area contributed by atoms with Gasteiger partial charge in [0.1, 0.15) is 6.26 Å². The highest BCUT2D eigenvalue weighted by Crippen LogP contribution is 2.23. The number of Topliss-reactive ketones (excluding diaryl/α,β-unsaturated/α-hetero) is 1. The van der Waals surface area contributed by atoms with Crippen LogP contribution in [0.15, 0.2) is 46.5 Å². The van der Waals surface area contributed by atoms with Gasteiger partial charge in [0, 0.05) is 12.1 Å². The summed E-state index contributed by atoms with van der Waals surface area (Å²) >= 11 is 0. The fourth-order valence-corrected chi connectivity index (χ4v) is 1.03. The number of azo groups is 1. The van der Waals surface area contributed by atoms with Crippen molar-refractivity contribution in [2.75, 3.05) is 0 Å². The van der Waals surface area contributed by atoms with Crippen molar-refractivity contribution in [3.05, 3.63) is 46.3 Å². The summed E-state index contributed by atoms with van der Waals surface area (Å²) < 4.78 is 36.2. The first-order valence-corrected chi connectivity index (χ1v) is 4.88. The maximum absolute atomic E-state index is 12.1. The third-order valence-electron chi connectivity index (χ3n) is 1.95. The molecular weight excluding hydrogens is 283 g/mol. The molecule has 0 radical (unpaired) electrons. The number of non-ortho nitro benzene ring substituents is 1. The number of carbonyl (C=O) groups is 1. The van der Waals surface area contributed by atoms with Crippen LogP contribution in [-0.2, 0) is 4.79 Å². The molecule has 7 nitrogen and oxygen atoms in total. The first-order chi connectivity index (χ1) is 9.25. The lowest BCUT2D eigenvalue weighted by Crippen LogP contribution is -2.23. The zero-order valence-electron chi connectivity index (χ0n) is 9.53. The Kier molecular flexibility index (Phi) is 4.51. The summed E-state index contributed by atoms with van der Waals surface area (Å²) in [6.45, 7) is 0. The number of aliphatic hydroxyl groups excluding tert-OH is 1. The molecule has 0 aliphatic heterocycles. The van der Waals surface area contributed by atoms with E-state index in [0.29, 0.717) is 0 Å². The normalized spacial score (nSPS) is 12.7. The Balaban J connectivity index is 2.91. The molecule has 10 heteroatoms. The largest absolute Gasteiger partial charge is 0.513 e. The van der Waals surface area contributed by atoms with Gasteiger partial charge in [0.25, 0.3) is 11.5 Å². The minimum atomic E-state index is -5.19. The van der Waals surface area contributed by atoms with Crippen LogP contribution in [0.3, 0.4) is 0 Å². The van der Waals surface area contributed by atoms with E-state index in [-0.39, 0.29) is 17.6 Å². The zero-order chi connectivity index (χ0) is 15.3.